The molecule has 154 valence electrons. The average Bonchev–Trinajstić information content (AvgIpc) is 3.16. The van der Waals surface area contributed by atoms with Crippen LogP contribution in [0, 0.1) is 11.7 Å². The van der Waals surface area contributed by atoms with E-state index in [1.165, 1.54) is 17.8 Å². The highest BCUT2D eigenvalue weighted by molar-refractivity contribution is 8.13. The molecule has 2 saturated heterocycles. The quantitative estimate of drug-likeness (QED) is 0.703. The van der Waals surface area contributed by atoms with Crippen LogP contribution in [0.5, 0.6) is 0 Å². The Morgan fingerprint density at radius 1 is 1.34 bits per heavy atom. The Hall–Kier alpha value is -1.16. The Bertz CT molecular complexity index is 877. The third-order valence-electron chi connectivity index (χ3n) is 6.84. The first-order chi connectivity index (χ1) is 13.7. The van der Waals surface area contributed by atoms with E-state index in [0.717, 1.165) is 5.46 Å². The lowest BCUT2D eigenvalue weighted by Gasteiger charge is -2.37. The second kappa shape index (κ2) is 6.67. The van der Waals surface area contributed by atoms with E-state index in [1.807, 2.05) is 20.8 Å². The van der Waals surface area contributed by atoms with Gasteiger partial charge in [0.1, 0.15) is 17.5 Å². The molecule has 29 heavy (non-hydrogen) atoms. The maximum absolute atomic E-state index is 15.1. The molecule has 4 aliphatic rings. The Morgan fingerprint density at radius 3 is 2.90 bits per heavy atom. The summed E-state index contributed by atoms with van der Waals surface area (Å²) in [5.74, 6) is -0.727. The maximum atomic E-state index is 15.1. The van der Waals surface area contributed by atoms with Gasteiger partial charge in [-0.1, -0.05) is 36.3 Å². The maximum Gasteiger partial charge on any atom is 0.341 e. The summed E-state index contributed by atoms with van der Waals surface area (Å²) in [5, 5.41) is 0.446. The number of hydroxylamine groups is 1. The Labute approximate surface area is 172 Å². The van der Waals surface area contributed by atoms with E-state index in [1.54, 1.807) is 12.1 Å². The number of aliphatic imine (C=N–C) groups is 1. The molecule has 0 radical (unpaired) electrons. The molecular formula is C18H21B2F3N2O3S. The molecule has 4 heterocycles. The highest BCUT2D eigenvalue weighted by atomic mass is 32.2. The lowest BCUT2D eigenvalue weighted by Crippen LogP contribution is -2.52. The first kappa shape index (κ1) is 19.8. The van der Waals surface area contributed by atoms with E-state index < -0.39 is 42.2 Å². The minimum absolute atomic E-state index is 0.0573. The standard InChI is InChI=1S/C18H21B2F3N2O3S/c1-9-17(2,3)27-20-10-4-5-13(21)11(6-10)18-8-26-14(15(22)23)12(18)7-29-16(24-18)25-28-19(9)20/h4-6,9,12,14-15H,7-8H2,1-3H3,(H,24,25). The van der Waals surface area contributed by atoms with Gasteiger partial charge in [0.05, 0.1) is 6.61 Å². The van der Waals surface area contributed by atoms with Crippen molar-refractivity contribution in [2.75, 3.05) is 12.4 Å². The molecule has 1 spiro atoms. The molecule has 4 unspecified atom stereocenters. The van der Waals surface area contributed by atoms with E-state index in [0.29, 0.717) is 10.9 Å². The van der Waals surface area contributed by atoms with E-state index in [9.17, 15) is 8.78 Å². The van der Waals surface area contributed by atoms with Crippen molar-refractivity contribution in [2.45, 2.75) is 50.3 Å². The van der Waals surface area contributed by atoms with Gasteiger partial charge < -0.3 is 14.1 Å². The number of hydrogen-bond donors (Lipinski definition) is 1. The normalized spacial score (nSPS) is 35.1. The van der Waals surface area contributed by atoms with Gasteiger partial charge in [0, 0.05) is 22.8 Å². The molecule has 4 atom stereocenters. The summed E-state index contributed by atoms with van der Waals surface area (Å²) in [4.78, 5) is 4.68. The smallest absolute Gasteiger partial charge is 0.341 e. The number of nitrogens with zero attached hydrogens (tertiary/aromatic N) is 1. The largest absolute Gasteiger partial charge is 0.430 e. The molecule has 2 fully saturated rings. The lowest BCUT2D eigenvalue weighted by atomic mass is 9.21. The van der Waals surface area contributed by atoms with Gasteiger partial charge in [-0.3, -0.25) is 5.48 Å². The van der Waals surface area contributed by atoms with Crippen molar-refractivity contribution in [3.8, 4) is 0 Å². The fraction of sp³-hybridized carbons (Fsp3) is 0.611. The number of nitrogens with one attached hydrogen (secondary N) is 1. The summed E-state index contributed by atoms with van der Waals surface area (Å²) in [5.41, 5.74) is 2.28. The number of benzene rings is 1. The van der Waals surface area contributed by atoms with Crippen molar-refractivity contribution < 1.29 is 27.3 Å². The van der Waals surface area contributed by atoms with Gasteiger partial charge in [0.25, 0.3) is 6.43 Å². The molecule has 0 aromatic heterocycles. The molecule has 5 rings (SSSR count). The zero-order valence-corrected chi connectivity index (χ0v) is 17.1. The molecule has 0 aliphatic carbocycles. The first-order valence-electron chi connectivity index (χ1n) is 9.75. The summed E-state index contributed by atoms with van der Waals surface area (Å²) >= 11 is 1.29. The molecule has 1 aromatic carbocycles. The highest BCUT2D eigenvalue weighted by Gasteiger charge is 2.59. The van der Waals surface area contributed by atoms with Crippen molar-refractivity contribution in [2.24, 2.45) is 10.9 Å². The molecule has 0 saturated carbocycles. The lowest BCUT2D eigenvalue weighted by molar-refractivity contribution is -0.0359. The summed E-state index contributed by atoms with van der Waals surface area (Å²) in [6, 6.07) is 4.75. The third-order valence-corrected chi connectivity index (χ3v) is 7.81. The van der Waals surface area contributed by atoms with Gasteiger partial charge in [-0.25, -0.2) is 18.2 Å². The van der Waals surface area contributed by atoms with Crippen LogP contribution in [0.3, 0.4) is 0 Å². The van der Waals surface area contributed by atoms with Crippen molar-refractivity contribution >= 4 is 36.0 Å². The van der Waals surface area contributed by atoms with Crippen LogP contribution in [-0.2, 0) is 19.7 Å². The van der Waals surface area contributed by atoms with Crippen LogP contribution in [0.15, 0.2) is 23.2 Å². The minimum atomic E-state index is -2.66. The van der Waals surface area contributed by atoms with E-state index in [-0.39, 0.29) is 24.8 Å². The van der Waals surface area contributed by atoms with Gasteiger partial charge in [-0.15, -0.1) is 0 Å². The van der Waals surface area contributed by atoms with Gasteiger partial charge in [-0.2, -0.15) is 0 Å². The van der Waals surface area contributed by atoms with Crippen LogP contribution in [0.1, 0.15) is 26.3 Å². The number of thioether (sulfide) groups is 1. The topological polar surface area (TPSA) is 52.1 Å². The van der Waals surface area contributed by atoms with Gasteiger partial charge >= 0.3 is 13.6 Å². The van der Waals surface area contributed by atoms with Crippen LogP contribution in [0.25, 0.3) is 0 Å². The molecule has 5 nitrogen and oxygen atoms in total. The monoisotopic (exact) mass is 424 g/mol. The number of alkyl halides is 2. The van der Waals surface area contributed by atoms with E-state index in [4.69, 9.17) is 14.1 Å². The molecule has 1 N–H and O–H groups in total. The number of ether oxygens (including phenoxy) is 1. The summed E-state index contributed by atoms with van der Waals surface area (Å²) in [6.07, 6.45) is -3.94. The molecule has 11 heteroatoms. The van der Waals surface area contributed by atoms with Crippen LogP contribution in [0.2, 0.25) is 5.82 Å². The SMILES string of the molecule is CC1B2ONC3=NC4(COC(C(F)F)C4CS3)c3cc(ccc3F)B2OC1(C)C. The molecule has 0 amide bonds. The summed E-state index contributed by atoms with van der Waals surface area (Å²) < 4.78 is 60.0. The Balaban J connectivity index is 1.67. The number of fused-ring (bicyclic) bond motifs is 4. The number of hydrogen-bond acceptors (Lipinski definition) is 6. The molecule has 1 aromatic rings. The first-order valence-corrected chi connectivity index (χ1v) is 10.7. The van der Waals surface area contributed by atoms with Gasteiger partial charge in [0.15, 0.2) is 5.17 Å². The average molecular weight is 424 g/mol. The van der Waals surface area contributed by atoms with Crippen molar-refractivity contribution in [3.05, 3.63) is 29.6 Å². The molecule has 4 bridgehead atoms. The van der Waals surface area contributed by atoms with Crippen molar-refractivity contribution in [3.63, 3.8) is 0 Å². The van der Waals surface area contributed by atoms with Crippen LogP contribution < -0.4 is 10.9 Å². The van der Waals surface area contributed by atoms with Crippen LogP contribution >= 0.6 is 11.8 Å². The molecule has 4 aliphatic heterocycles. The van der Waals surface area contributed by atoms with E-state index in [2.05, 4.69) is 10.5 Å². The van der Waals surface area contributed by atoms with Crippen molar-refractivity contribution in [1.29, 1.82) is 0 Å². The van der Waals surface area contributed by atoms with Gasteiger partial charge in [0.2, 0.25) is 0 Å². The van der Waals surface area contributed by atoms with Gasteiger partial charge in [-0.05, 0) is 25.7 Å². The predicted octanol–water partition coefficient (Wildman–Crippen LogP) is 2.41. The Morgan fingerprint density at radius 2 is 2.14 bits per heavy atom. The predicted molar refractivity (Wildman–Crippen MR) is 107 cm³/mol. The van der Waals surface area contributed by atoms with E-state index >= 15 is 4.39 Å². The van der Waals surface area contributed by atoms with Crippen LogP contribution in [0.4, 0.5) is 13.2 Å². The van der Waals surface area contributed by atoms with Crippen molar-refractivity contribution in [1.82, 2.24) is 5.48 Å². The summed E-state index contributed by atoms with van der Waals surface area (Å²) in [7, 11) is 0. The minimum Gasteiger partial charge on any atom is -0.430 e. The fourth-order valence-corrected chi connectivity index (χ4v) is 5.98. The third kappa shape index (κ3) is 2.88. The zero-order valence-electron chi connectivity index (χ0n) is 16.3. The number of amidine groups is 1. The number of halogens is 3. The highest BCUT2D eigenvalue weighted by Crippen LogP contribution is 2.50. The molecular weight excluding hydrogens is 403 g/mol. The second-order valence-electron chi connectivity index (χ2n) is 8.72. The Kier molecular flexibility index (Phi) is 4.55. The number of rotatable bonds is 1. The zero-order chi connectivity index (χ0) is 20.6. The fourth-order valence-electron chi connectivity index (χ4n) is 4.84. The van der Waals surface area contributed by atoms with Crippen LogP contribution in [-0.4, -0.2) is 49.3 Å². The summed E-state index contributed by atoms with van der Waals surface area (Å²) in [6.45, 7) is 5.21. The second-order valence-corrected chi connectivity index (χ2v) is 9.73.